The van der Waals surface area contributed by atoms with Crippen molar-refractivity contribution in [2.75, 3.05) is 12.3 Å². The molecule has 0 saturated carbocycles. The maximum absolute atomic E-state index is 5.93. The number of fused-ring (bicyclic) bond motifs is 1. The maximum Gasteiger partial charge on any atom is 0.143 e. The molecule has 1 atom stereocenters. The Hall–Kier alpha value is -1.67. The van der Waals surface area contributed by atoms with Crippen molar-refractivity contribution in [1.29, 1.82) is 0 Å². The van der Waals surface area contributed by atoms with E-state index in [9.17, 15) is 0 Å². The molecule has 0 heterocycles. The van der Waals surface area contributed by atoms with Crippen LogP contribution in [0.3, 0.4) is 0 Å². The zero-order valence-corrected chi connectivity index (χ0v) is 10.7. The number of hydrogen-bond donors (Lipinski definition) is 1. The van der Waals surface area contributed by atoms with Crippen molar-refractivity contribution in [3.63, 3.8) is 0 Å². The third kappa shape index (κ3) is 2.04. The second-order valence-corrected chi connectivity index (χ2v) is 5.03. The molecule has 0 aliphatic heterocycles. The van der Waals surface area contributed by atoms with Gasteiger partial charge in [-0.25, -0.2) is 0 Å². The first-order valence-electron chi connectivity index (χ1n) is 5.99. The number of nitrogen functional groups attached to an aromatic ring is 1. The number of benzene rings is 2. The minimum absolute atomic E-state index is 0.472. The molecule has 2 aromatic rings. The quantitative estimate of drug-likeness (QED) is 0.854. The Morgan fingerprint density at radius 2 is 2.06 bits per heavy atom. The summed E-state index contributed by atoms with van der Waals surface area (Å²) in [5.74, 6) is 1.14. The highest BCUT2D eigenvalue weighted by Crippen LogP contribution is 2.36. The Balaban J connectivity index is 1.68. The van der Waals surface area contributed by atoms with Gasteiger partial charge in [-0.2, -0.15) is 0 Å². The molecule has 0 amide bonds. The Morgan fingerprint density at radius 1 is 1.22 bits per heavy atom. The van der Waals surface area contributed by atoms with Gasteiger partial charge in [0.15, 0.2) is 0 Å². The molecule has 18 heavy (non-hydrogen) atoms. The fraction of sp³-hybridized carbons (Fsp3) is 0.200. The summed E-state index contributed by atoms with van der Waals surface area (Å²) in [4.78, 5) is 0. The van der Waals surface area contributed by atoms with E-state index in [1.807, 2.05) is 0 Å². The Morgan fingerprint density at radius 3 is 2.89 bits per heavy atom. The van der Waals surface area contributed by atoms with Crippen LogP contribution in [-0.2, 0) is 6.42 Å². The van der Waals surface area contributed by atoms with Crippen molar-refractivity contribution in [3.05, 3.63) is 58.6 Å². The predicted molar refractivity (Wildman–Crippen MR) is 74.2 cm³/mol. The minimum Gasteiger partial charge on any atom is -0.491 e. The third-order valence-electron chi connectivity index (χ3n) is 3.38. The molecule has 0 radical (unpaired) electrons. The van der Waals surface area contributed by atoms with Gasteiger partial charge in [0.05, 0.1) is 12.3 Å². The molecule has 0 aromatic heterocycles. The highest BCUT2D eigenvalue weighted by molar-refractivity contribution is 6.30. The SMILES string of the molecule is Nc1ccc(Cl)cc1OCC1Cc2ccccc21. The van der Waals surface area contributed by atoms with Crippen molar-refractivity contribution < 1.29 is 4.74 Å². The highest BCUT2D eigenvalue weighted by atomic mass is 35.5. The smallest absolute Gasteiger partial charge is 0.143 e. The number of hydrogen-bond acceptors (Lipinski definition) is 2. The number of ether oxygens (including phenoxy) is 1. The predicted octanol–water partition coefficient (Wildman–Crippen LogP) is 3.64. The van der Waals surface area contributed by atoms with Gasteiger partial charge in [0.1, 0.15) is 5.75 Å². The van der Waals surface area contributed by atoms with Crippen LogP contribution in [0, 0.1) is 0 Å². The summed E-state index contributed by atoms with van der Waals surface area (Å²) >= 11 is 5.93. The lowest BCUT2D eigenvalue weighted by Gasteiger charge is -2.30. The minimum atomic E-state index is 0.472. The van der Waals surface area contributed by atoms with Crippen molar-refractivity contribution >= 4 is 17.3 Å². The van der Waals surface area contributed by atoms with E-state index in [1.54, 1.807) is 18.2 Å². The van der Waals surface area contributed by atoms with Gasteiger partial charge in [0, 0.05) is 17.0 Å². The summed E-state index contributed by atoms with van der Waals surface area (Å²) in [6, 6.07) is 13.8. The molecular formula is C15H14ClNO. The standard InChI is InChI=1S/C15H14ClNO/c16-12-5-6-14(17)15(8-12)18-9-11-7-10-3-1-2-4-13(10)11/h1-6,8,11H,7,9,17H2. The van der Waals surface area contributed by atoms with Crippen molar-refractivity contribution in [2.24, 2.45) is 0 Å². The Bertz CT molecular complexity index is 582. The molecule has 2 aromatic carbocycles. The fourth-order valence-electron chi connectivity index (χ4n) is 2.33. The highest BCUT2D eigenvalue weighted by Gasteiger charge is 2.25. The zero-order valence-electron chi connectivity index (χ0n) is 9.90. The largest absolute Gasteiger partial charge is 0.491 e. The van der Waals surface area contributed by atoms with Crippen molar-refractivity contribution in [2.45, 2.75) is 12.3 Å². The van der Waals surface area contributed by atoms with Crippen LogP contribution in [0.1, 0.15) is 17.0 Å². The molecule has 3 rings (SSSR count). The first-order chi connectivity index (χ1) is 8.74. The van der Waals surface area contributed by atoms with Crippen molar-refractivity contribution in [3.8, 4) is 5.75 Å². The fourth-order valence-corrected chi connectivity index (χ4v) is 2.50. The van der Waals surface area contributed by atoms with E-state index in [0.717, 1.165) is 6.42 Å². The summed E-state index contributed by atoms with van der Waals surface area (Å²) in [5.41, 5.74) is 9.29. The summed E-state index contributed by atoms with van der Waals surface area (Å²) in [6.07, 6.45) is 1.08. The molecule has 0 saturated heterocycles. The average Bonchev–Trinajstić information content (AvgIpc) is 2.34. The topological polar surface area (TPSA) is 35.2 Å². The van der Waals surface area contributed by atoms with Crippen LogP contribution in [0.25, 0.3) is 0 Å². The summed E-state index contributed by atoms with van der Waals surface area (Å²) in [6.45, 7) is 0.654. The monoisotopic (exact) mass is 259 g/mol. The van der Waals surface area contributed by atoms with Crippen LogP contribution in [-0.4, -0.2) is 6.61 Å². The molecule has 1 aliphatic carbocycles. The lowest BCUT2D eigenvalue weighted by Crippen LogP contribution is -2.23. The number of rotatable bonds is 3. The molecule has 0 spiro atoms. The van der Waals surface area contributed by atoms with E-state index in [1.165, 1.54) is 11.1 Å². The summed E-state index contributed by atoms with van der Waals surface area (Å²) < 4.78 is 5.77. The first kappa shape index (κ1) is 11.4. The molecule has 0 bridgehead atoms. The molecule has 2 nitrogen and oxygen atoms in total. The molecular weight excluding hydrogens is 246 g/mol. The third-order valence-corrected chi connectivity index (χ3v) is 3.61. The van der Waals surface area contributed by atoms with Gasteiger partial charge in [0.25, 0.3) is 0 Å². The molecule has 3 heteroatoms. The maximum atomic E-state index is 5.93. The van der Waals surface area contributed by atoms with E-state index >= 15 is 0 Å². The van der Waals surface area contributed by atoms with Gasteiger partial charge in [0.2, 0.25) is 0 Å². The van der Waals surface area contributed by atoms with E-state index in [2.05, 4.69) is 24.3 Å². The summed E-state index contributed by atoms with van der Waals surface area (Å²) in [5, 5.41) is 0.646. The van der Waals surface area contributed by atoms with Gasteiger partial charge in [-0.05, 0) is 29.7 Å². The molecule has 92 valence electrons. The van der Waals surface area contributed by atoms with Gasteiger partial charge < -0.3 is 10.5 Å². The van der Waals surface area contributed by atoms with Gasteiger partial charge >= 0.3 is 0 Å². The van der Waals surface area contributed by atoms with Crippen LogP contribution in [0.4, 0.5) is 5.69 Å². The lowest BCUT2D eigenvalue weighted by atomic mass is 9.78. The molecule has 1 unspecified atom stereocenters. The van der Waals surface area contributed by atoms with Gasteiger partial charge in [-0.3, -0.25) is 0 Å². The first-order valence-corrected chi connectivity index (χ1v) is 6.37. The van der Waals surface area contributed by atoms with Gasteiger partial charge in [-0.1, -0.05) is 35.9 Å². The van der Waals surface area contributed by atoms with Crippen LogP contribution < -0.4 is 10.5 Å². The van der Waals surface area contributed by atoms with Crippen LogP contribution >= 0.6 is 11.6 Å². The van der Waals surface area contributed by atoms with Crippen LogP contribution in [0.15, 0.2) is 42.5 Å². The van der Waals surface area contributed by atoms with Crippen LogP contribution in [0.5, 0.6) is 5.75 Å². The second kappa shape index (κ2) is 4.54. The molecule has 1 aliphatic rings. The number of halogens is 1. The van der Waals surface area contributed by atoms with E-state index < -0.39 is 0 Å². The number of anilines is 1. The summed E-state index contributed by atoms with van der Waals surface area (Å²) in [7, 11) is 0. The van der Waals surface area contributed by atoms with E-state index in [4.69, 9.17) is 22.1 Å². The Labute approximate surface area is 111 Å². The average molecular weight is 260 g/mol. The second-order valence-electron chi connectivity index (χ2n) is 4.59. The van der Waals surface area contributed by atoms with Crippen LogP contribution in [0.2, 0.25) is 5.02 Å². The van der Waals surface area contributed by atoms with E-state index in [-0.39, 0.29) is 0 Å². The van der Waals surface area contributed by atoms with Crippen molar-refractivity contribution in [1.82, 2.24) is 0 Å². The molecule has 2 N–H and O–H groups in total. The molecule has 0 fully saturated rings. The van der Waals surface area contributed by atoms with E-state index in [0.29, 0.717) is 29.0 Å². The number of nitrogens with two attached hydrogens (primary N) is 1. The Kier molecular flexibility index (Phi) is 2.88. The normalized spacial score (nSPS) is 16.8. The zero-order chi connectivity index (χ0) is 12.5. The lowest BCUT2D eigenvalue weighted by molar-refractivity contribution is 0.276. The van der Waals surface area contributed by atoms with Gasteiger partial charge in [-0.15, -0.1) is 0 Å².